The molecule has 7 nitrogen and oxygen atoms in total. The fourth-order valence-corrected chi connectivity index (χ4v) is 4.33. The molecule has 8 heteroatoms. The molecule has 30 heavy (non-hydrogen) atoms. The molecule has 0 radical (unpaired) electrons. The predicted octanol–water partition coefficient (Wildman–Crippen LogP) is 4.35. The molecule has 5 rings (SSSR count). The fourth-order valence-electron chi connectivity index (χ4n) is 3.45. The number of aryl methyl sites for hydroxylation is 1. The zero-order chi connectivity index (χ0) is 20.3. The van der Waals surface area contributed by atoms with Gasteiger partial charge < -0.3 is 9.40 Å². The predicted molar refractivity (Wildman–Crippen MR) is 117 cm³/mol. The zero-order valence-corrected chi connectivity index (χ0v) is 16.9. The van der Waals surface area contributed by atoms with E-state index in [-0.39, 0.29) is 5.69 Å². The summed E-state index contributed by atoms with van der Waals surface area (Å²) in [5.41, 5.74) is 2.69. The highest BCUT2D eigenvalue weighted by Crippen LogP contribution is 2.28. The number of para-hydroxylation sites is 3. The molecule has 0 atom stereocenters. The van der Waals surface area contributed by atoms with Crippen LogP contribution in [0.2, 0.25) is 0 Å². The summed E-state index contributed by atoms with van der Waals surface area (Å²) in [6, 6.07) is 21.4. The van der Waals surface area contributed by atoms with Crippen LogP contribution in [0.15, 0.2) is 87.4 Å². The number of hydrogen-bond donors (Lipinski definition) is 1. The Morgan fingerprint density at radius 2 is 1.80 bits per heavy atom. The molecule has 0 bridgehead atoms. The maximum absolute atomic E-state index is 12.2. The molecule has 0 aliphatic heterocycles. The lowest BCUT2D eigenvalue weighted by Gasteiger charge is -2.09. The molecule has 150 valence electrons. The number of H-pyrrole nitrogens is 1. The number of furan rings is 1. The van der Waals surface area contributed by atoms with Gasteiger partial charge in [0.1, 0.15) is 0 Å². The first kappa shape index (κ1) is 18.5. The van der Waals surface area contributed by atoms with Crippen LogP contribution in [-0.4, -0.2) is 30.1 Å². The molecule has 0 fully saturated rings. The molecule has 3 aromatic heterocycles. The van der Waals surface area contributed by atoms with Crippen LogP contribution >= 0.6 is 11.8 Å². The first-order chi connectivity index (χ1) is 14.8. The van der Waals surface area contributed by atoms with Gasteiger partial charge in [-0.25, -0.2) is 4.79 Å². The van der Waals surface area contributed by atoms with Crippen LogP contribution in [0.5, 0.6) is 0 Å². The van der Waals surface area contributed by atoms with Crippen molar-refractivity contribution in [3.05, 3.63) is 83.5 Å². The third-order valence-corrected chi connectivity index (χ3v) is 5.84. The Labute approximate surface area is 176 Å². The largest absolute Gasteiger partial charge is 0.461 e. The summed E-state index contributed by atoms with van der Waals surface area (Å²) >= 11 is 1.62. The summed E-state index contributed by atoms with van der Waals surface area (Å²) in [6.07, 6.45) is 2.45. The molecule has 0 saturated carbocycles. The Bertz CT molecular complexity index is 1320. The Morgan fingerprint density at radius 1 is 0.967 bits per heavy atom. The van der Waals surface area contributed by atoms with Gasteiger partial charge in [-0.05, 0) is 42.8 Å². The number of imidazole rings is 1. The van der Waals surface area contributed by atoms with Crippen LogP contribution in [0.3, 0.4) is 0 Å². The number of nitrogens with one attached hydrogen (secondary N) is 1. The Morgan fingerprint density at radius 3 is 2.63 bits per heavy atom. The van der Waals surface area contributed by atoms with E-state index in [1.807, 2.05) is 71.3 Å². The van der Waals surface area contributed by atoms with Crippen molar-refractivity contribution in [3.63, 3.8) is 0 Å². The highest BCUT2D eigenvalue weighted by Gasteiger charge is 2.17. The van der Waals surface area contributed by atoms with E-state index in [0.717, 1.165) is 34.1 Å². The van der Waals surface area contributed by atoms with E-state index in [4.69, 9.17) is 4.42 Å². The van der Waals surface area contributed by atoms with Crippen LogP contribution in [0.1, 0.15) is 6.42 Å². The molecule has 5 aromatic rings. The number of aromatic amines is 1. The minimum atomic E-state index is -0.0752. The molecule has 0 saturated heterocycles. The second kappa shape index (κ2) is 8.08. The molecule has 0 amide bonds. The highest BCUT2D eigenvalue weighted by atomic mass is 32.2. The zero-order valence-electron chi connectivity index (χ0n) is 16.1. The number of hydrogen-bond acceptors (Lipinski definition) is 5. The molecule has 0 spiro atoms. The van der Waals surface area contributed by atoms with Crippen LogP contribution in [0.4, 0.5) is 0 Å². The number of aromatic nitrogens is 5. The molecule has 0 aliphatic carbocycles. The topological polar surface area (TPSA) is 81.6 Å². The molecule has 0 aliphatic rings. The van der Waals surface area contributed by atoms with E-state index >= 15 is 0 Å². The summed E-state index contributed by atoms with van der Waals surface area (Å²) in [5, 5.41) is 9.54. The normalized spacial score (nSPS) is 11.3. The van der Waals surface area contributed by atoms with Gasteiger partial charge in [0.25, 0.3) is 0 Å². The van der Waals surface area contributed by atoms with Crippen molar-refractivity contribution in [1.82, 2.24) is 24.3 Å². The molecular weight excluding hydrogens is 398 g/mol. The first-order valence-electron chi connectivity index (χ1n) is 9.66. The van der Waals surface area contributed by atoms with Gasteiger partial charge in [-0.15, -0.1) is 10.2 Å². The number of thioether (sulfide) groups is 1. The molecule has 3 heterocycles. The lowest BCUT2D eigenvalue weighted by Crippen LogP contribution is -2.17. The van der Waals surface area contributed by atoms with Crippen molar-refractivity contribution in [2.75, 3.05) is 5.75 Å². The van der Waals surface area contributed by atoms with Crippen LogP contribution in [-0.2, 0) is 6.54 Å². The molecule has 1 N–H and O–H groups in total. The third-order valence-electron chi connectivity index (χ3n) is 4.83. The van der Waals surface area contributed by atoms with Crippen molar-refractivity contribution in [2.45, 2.75) is 18.1 Å². The standard InChI is InChI=1S/C22H19N5O2S/c28-21-23-17-10-4-5-11-18(17)26(21)13-7-15-30-22-25-24-20(19-12-6-14-29-19)27(22)16-8-2-1-3-9-16/h1-6,8-12,14H,7,13,15H2,(H,23,28). The summed E-state index contributed by atoms with van der Waals surface area (Å²) in [5.74, 6) is 2.14. The molecular formula is C22H19N5O2S. The number of benzene rings is 2. The van der Waals surface area contributed by atoms with Crippen molar-refractivity contribution in [3.8, 4) is 17.3 Å². The monoisotopic (exact) mass is 417 g/mol. The Hall–Kier alpha value is -3.52. The van der Waals surface area contributed by atoms with Crippen molar-refractivity contribution < 1.29 is 4.42 Å². The van der Waals surface area contributed by atoms with E-state index in [0.29, 0.717) is 18.1 Å². The maximum atomic E-state index is 12.2. The highest BCUT2D eigenvalue weighted by molar-refractivity contribution is 7.99. The van der Waals surface area contributed by atoms with Crippen LogP contribution in [0.25, 0.3) is 28.3 Å². The van der Waals surface area contributed by atoms with Crippen molar-refractivity contribution in [2.24, 2.45) is 0 Å². The van der Waals surface area contributed by atoms with Gasteiger partial charge >= 0.3 is 5.69 Å². The SMILES string of the molecule is O=c1[nH]c2ccccc2n1CCCSc1nnc(-c2ccco2)n1-c1ccccc1. The van der Waals surface area contributed by atoms with Gasteiger partial charge in [0, 0.05) is 18.0 Å². The van der Waals surface area contributed by atoms with Crippen molar-refractivity contribution in [1.29, 1.82) is 0 Å². The van der Waals surface area contributed by atoms with Crippen LogP contribution in [0, 0.1) is 0 Å². The van der Waals surface area contributed by atoms with Gasteiger partial charge in [0.2, 0.25) is 5.82 Å². The van der Waals surface area contributed by atoms with E-state index in [1.54, 1.807) is 22.6 Å². The minimum Gasteiger partial charge on any atom is -0.461 e. The van der Waals surface area contributed by atoms with Gasteiger partial charge in [-0.3, -0.25) is 9.13 Å². The van der Waals surface area contributed by atoms with Gasteiger partial charge in [-0.2, -0.15) is 0 Å². The Kier molecular flexibility index (Phi) is 4.98. The van der Waals surface area contributed by atoms with Crippen molar-refractivity contribution >= 4 is 22.8 Å². The molecule has 0 unspecified atom stereocenters. The quantitative estimate of drug-likeness (QED) is 0.314. The van der Waals surface area contributed by atoms with Gasteiger partial charge in [-0.1, -0.05) is 42.1 Å². The minimum absolute atomic E-state index is 0.0752. The average molecular weight is 417 g/mol. The third kappa shape index (κ3) is 3.46. The van der Waals surface area contributed by atoms with Crippen LogP contribution < -0.4 is 5.69 Å². The Balaban J connectivity index is 1.35. The fraction of sp³-hybridized carbons (Fsp3) is 0.136. The van der Waals surface area contributed by atoms with Gasteiger partial charge in [0.05, 0.1) is 17.3 Å². The maximum Gasteiger partial charge on any atom is 0.326 e. The van der Waals surface area contributed by atoms with E-state index < -0.39 is 0 Å². The summed E-state index contributed by atoms with van der Waals surface area (Å²) in [4.78, 5) is 15.1. The average Bonchev–Trinajstić information content (AvgIpc) is 3.50. The van der Waals surface area contributed by atoms with E-state index in [1.165, 1.54) is 0 Å². The second-order valence-electron chi connectivity index (χ2n) is 6.76. The summed E-state index contributed by atoms with van der Waals surface area (Å²) < 4.78 is 9.33. The lowest BCUT2D eigenvalue weighted by molar-refractivity contribution is 0.575. The summed E-state index contributed by atoms with van der Waals surface area (Å²) in [7, 11) is 0. The molecule has 2 aromatic carbocycles. The number of rotatable bonds is 7. The smallest absolute Gasteiger partial charge is 0.326 e. The number of fused-ring (bicyclic) bond motifs is 1. The van der Waals surface area contributed by atoms with E-state index in [2.05, 4.69) is 15.2 Å². The van der Waals surface area contributed by atoms with Gasteiger partial charge in [0.15, 0.2) is 10.9 Å². The number of nitrogens with zero attached hydrogens (tertiary/aromatic N) is 4. The second-order valence-corrected chi connectivity index (χ2v) is 7.82. The van der Waals surface area contributed by atoms with E-state index in [9.17, 15) is 4.79 Å². The first-order valence-corrected chi connectivity index (χ1v) is 10.6. The summed E-state index contributed by atoms with van der Waals surface area (Å²) in [6.45, 7) is 0.639. The lowest BCUT2D eigenvalue weighted by atomic mass is 10.3.